The van der Waals surface area contributed by atoms with Gasteiger partial charge in [0.25, 0.3) is 5.91 Å². The number of anilines is 1. The Morgan fingerprint density at radius 3 is 2.65 bits per heavy atom. The quantitative estimate of drug-likeness (QED) is 0.795. The number of aromatic amines is 1. The van der Waals surface area contributed by atoms with Crippen LogP contribution >= 0.6 is 11.6 Å². The number of aromatic hydroxyl groups is 1. The minimum absolute atomic E-state index is 0.0167. The van der Waals surface area contributed by atoms with E-state index in [4.69, 9.17) is 11.6 Å². The Hall–Kier alpha value is -2.01. The van der Waals surface area contributed by atoms with Crippen LogP contribution in [0.1, 0.15) is 36.8 Å². The van der Waals surface area contributed by atoms with Crippen molar-refractivity contribution in [2.24, 2.45) is 0 Å². The average Bonchev–Trinajstić information content (AvgIpc) is 2.80. The third-order valence-electron chi connectivity index (χ3n) is 2.82. The lowest BCUT2D eigenvalue weighted by Gasteiger charge is -2.14. The van der Waals surface area contributed by atoms with Gasteiger partial charge in [-0.05, 0) is 18.2 Å². The Balaban J connectivity index is 2.20. The van der Waals surface area contributed by atoms with Gasteiger partial charge in [0.1, 0.15) is 5.75 Å². The Bertz CT molecular complexity index is 644. The Morgan fingerprint density at radius 2 is 2.05 bits per heavy atom. The lowest BCUT2D eigenvalue weighted by atomic mass is 9.92. The highest BCUT2D eigenvalue weighted by Crippen LogP contribution is 2.24. The van der Waals surface area contributed by atoms with Crippen molar-refractivity contribution in [3.8, 4) is 5.75 Å². The van der Waals surface area contributed by atoms with E-state index in [1.54, 1.807) is 6.07 Å². The fourth-order valence-electron chi connectivity index (χ4n) is 1.64. The van der Waals surface area contributed by atoms with Crippen molar-refractivity contribution in [1.82, 2.24) is 10.2 Å². The molecule has 0 bridgehead atoms. The van der Waals surface area contributed by atoms with Crippen LogP contribution in [-0.2, 0) is 5.41 Å². The van der Waals surface area contributed by atoms with Gasteiger partial charge in [0.15, 0.2) is 5.82 Å². The average molecular weight is 294 g/mol. The van der Waals surface area contributed by atoms with Crippen LogP contribution < -0.4 is 5.32 Å². The van der Waals surface area contributed by atoms with Crippen LogP contribution in [0.25, 0.3) is 0 Å². The number of amides is 1. The summed E-state index contributed by atoms with van der Waals surface area (Å²) in [5, 5.41) is 19.2. The molecular formula is C14H16ClN3O2. The highest BCUT2D eigenvalue weighted by molar-refractivity contribution is 6.34. The number of H-pyrrole nitrogens is 1. The summed E-state index contributed by atoms with van der Waals surface area (Å²) in [7, 11) is 0. The standard InChI is InChI=1S/C14H16ClN3O2/c1-14(2,3)11-7-12(18-17-11)16-13(20)9-6-8(19)4-5-10(9)15/h4-7,19H,1-3H3,(H2,16,17,18,20). The SMILES string of the molecule is CC(C)(C)c1cc(NC(=O)c2cc(O)ccc2Cl)n[nH]1. The van der Waals surface area contributed by atoms with Crippen molar-refractivity contribution in [2.75, 3.05) is 5.32 Å². The Morgan fingerprint density at radius 1 is 1.35 bits per heavy atom. The molecule has 0 atom stereocenters. The van der Waals surface area contributed by atoms with E-state index in [1.807, 2.05) is 20.8 Å². The van der Waals surface area contributed by atoms with Gasteiger partial charge in [0.05, 0.1) is 10.6 Å². The van der Waals surface area contributed by atoms with Gasteiger partial charge in [-0.25, -0.2) is 0 Å². The molecule has 0 aliphatic carbocycles. The van der Waals surface area contributed by atoms with Crippen LogP contribution in [0.4, 0.5) is 5.82 Å². The molecular weight excluding hydrogens is 278 g/mol. The zero-order valence-electron chi connectivity index (χ0n) is 11.5. The largest absolute Gasteiger partial charge is 0.508 e. The lowest BCUT2D eigenvalue weighted by Crippen LogP contribution is -2.13. The van der Waals surface area contributed by atoms with Crippen LogP contribution in [0.2, 0.25) is 5.02 Å². The molecule has 0 radical (unpaired) electrons. The second kappa shape index (κ2) is 5.17. The first-order valence-electron chi connectivity index (χ1n) is 6.13. The first kappa shape index (κ1) is 14.4. The number of nitrogens with one attached hydrogen (secondary N) is 2. The van der Waals surface area contributed by atoms with Gasteiger partial charge in [0, 0.05) is 17.2 Å². The smallest absolute Gasteiger partial charge is 0.258 e. The van der Waals surface area contributed by atoms with Crippen molar-refractivity contribution in [2.45, 2.75) is 26.2 Å². The zero-order valence-corrected chi connectivity index (χ0v) is 12.2. The van der Waals surface area contributed by atoms with Crippen molar-refractivity contribution in [1.29, 1.82) is 0 Å². The Kier molecular flexibility index (Phi) is 3.72. The summed E-state index contributed by atoms with van der Waals surface area (Å²) in [6, 6.07) is 5.98. The number of hydrogen-bond acceptors (Lipinski definition) is 3. The minimum atomic E-state index is -0.419. The van der Waals surface area contributed by atoms with E-state index in [0.717, 1.165) is 5.69 Å². The number of hydrogen-bond donors (Lipinski definition) is 3. The summed E-state index contributed by atoms with van der Waals surface area (Å²) < 4.78 is 0. The molecule has 0 unspecified atom stereocenters. The third-order valence-corrected chi connectivity index (χ3v) is 3.15. The van der Waals surface area contributed by atoms with Crippen LogP contribution in [-0.4, -0.2) is 21.2 Å². The zero-order chi connectivity index (χ0) is 14.9. The van der Waals surface area contributed by atoms with E-state index < -0.39 is 5.91 Å². The number of phenols is 1. The molecule has 0 saturated carbocycles. The molecule has 20 heavy (non-hydrogen) atoms. The molecule has 2 rings (SSSR count). The van der Waals surface area contributed by atoms with E-state index in [0.29, 0.717) is 5.82 Å². The molecule has 0 aliphatic rings. The third kappa shape index (κ3) is 3.11. The molecule has 3 N–H and O–H groups in total. The predicted molar refractivity (Wildman–Crippen MR) is 78.4 cm³/mol. The lowest BCUT2D eigenvalue weighted by molar-refractivity contribution is 0.102. The Labute approximate surface area is 122 Å². The summed E-state index contributed by atoms with van der Waals surface area (Å²) in [4.78, 5) is 12.1. The molecule has 5 nitrogen and oxygen atoms in total. The molecule has 0 spiro atoms. The van der Waals surface area contributed by atoms with E-state index in [2.05, 4.69) is 15.5 Å². The highest BCUT2D eigenvalue weighted by atomic mass is 35.5. The number of nitrogens with zero attached hydrogens (tertiary/aromatic N) is 1. The van der Waals surface area contributed by atoms with E-state index >= 15 is 0 Å². The van der Waals surface area contributed by atoms with Gasteiger partial charge < -0.3 is 10.4 Å². The molecule has 1 aromatic carbocycles. The summed E-state index contributed by atoms with van der Waals surface area (Å²) in [5.41, 5.74) is 1.03. The number of halogens is 1. The number of carbonyl (C=O) groups excluding carboxylic acids is 1. The minimum Gasteiger partial charge on any atom is -0.508 e. The van der Waals surface area contributed by atoms with Crippen LogP contribution in [0, 0.1) is 0 Å². The van der Waals surface area contributed by atoms with Crippen LogP contribution in [0.3, 0.4) is 0 Å². The maximum atomic E-state index is 12.1. The fourth-order valence-corrected chi connectivity index (χ4v) is 1.84. The van der Waals surface area contributed by atoms with Crippen molar-refractivity contribution in [3.63, 3.8) is 0 Å². The number of rotatable bonds is 2. The fraction of sp³-hybridized carbons (Fsp3) is 0.286. The maximum Gasteiger partial charge on any atom is 0.258 e. The second-order valence-corrected chi connectivity index (χ2v) is 5.94. The summed E-state index contributed by atoms with van der Waals surface area (Å²) >= 11 is 5.93. The molecule has 2 aromatic rings. The monoisotopic (exact) mass is 293 g/mol. The summed E-state index contributed by atoms with van der Waals surface area (Å²) in [5.74, 6) is -0.0193. The highest BCUT2D eigenvalue weighted by Gasteiger charge is 2.18. The second-order valence-electron chi connectivity index (χ2n) is 5.54. The number of carbonyl (C=O) groups is 1. The van der Waals surface area contributed by atoms with Crippen molar-refractivity contribution in [3.05, 3.63) is 40.5 Å². The maximum absolute atomic E-state index is 12.1. The number of benzene rings is 1. The first-order chi connectivity index (χ1) is 9.27. The molecule has 1 heterocycles. The first-order valence-corrected chi connectivity index (χ1v) is 6.51. The van der Waals surface area contributed by atoms with Gasteiger partial charge >= 0.3 is 0 Å². The number of aromatic nitrogens is 2. The summed E-state index contributed by atoms with van der Waals surface area (Å²) in [6.07, 6.45) is 0. The molecule has 1 aromatic heterocycles. The van der Waals surface area contributed by atoms with E-state index in [9.17, 15) is 9.90 Å². The molecule has 0 fully saturated rings. The predicted octanol–water partition coefficient (Wildman–Crippen LogP) is 3.32. The number of phenolic OH excluding ortho intramolecular Hbond substituents is 1. The van der Waals surface area contributed by atoms with Crippen molar-refractivity contribution >= 4 is 23.3 Å². The van der Waals surface area contributed by atoms with Gasteiger partial charge in [0.2, 0.25) is 0 Å². The van der Waals surface area contributed by atoms with Gasteiger partial charge in [-0.2, -0.15) is 5.10 Å². The van der Waals surface area contributed by atoms with Crippen molar-refractivity contribution < 1.29 is 9.90 Å². The normalized spacial score (nSPS) is 11.4. The molecule has 0 aliphatic heterocycles. The van der Waals surface area contributed by atoms with Gasteiger partial charge in [-0.15, -0.1) is 0 Å². The van der Waals surface area contributed by atoms with Crippen LogP contribution in [0.5, 0.6) is 5.75 Å². The van der Waals surface area contributed by atoms with E-state index in [1.165, 1.54) is 18.2 Å². The van der Waals surface area contributed by atoms with Gasteiger partial charge in [-0.3, -0.25) is 9.89 Å². The van der Waals surface area contributed by atoms with Crippen LogP contribution in [0.15, 0.2) is 24.3 Å². The molecule has 0 saturated heterocycles. The topological polar surface area (TPSA) is 78.0 Å². The van der Waals surface area contributed by atoms with Gasteiger partial charge in [-0.1, -0.05) is 32.4 Å². The molecule has 1 amide bonds. The van der Waals surface area contributed by atoms with E-state index in [-0.39, 0.29) is 21.8 Å². The molecule has 6 heteroatoms. The molecule has 106 valence electrons. The summed E-state index contributed by atoms with van der Waals surface area (Å²) in [6.45, 7) is 6.12.